The number of nitrogens with zero attached hydrogens (tertiary/aromatic N) is 1. The summed E-state index contributed by atoms with van der Waals surface area (Å²) in [6.45, 7) is 0.246. The van der Waals surface area contributed by atoms with Gasteiger partial charge in [-0.15, -0.1) is 0 Å². The van der Waals surface area contributed by atoms with E-state index in [9.17, 15) is 9.18 Å². The number of furan rings is 1. The van der Waals surface area contributed by atoms with Gasteiger partial charge in [0.05, 0.1) is 16.8 Å². The first kappa shape index (κ1) is 17.5. The Balaban J connectivity index is 1.84. The molecule has 5 nitrogen and oxygen atoms in total. The van der Waals surface area contributed by atoms with E-state index < -0.39 is 0 Å². The lowest BCUT2D eigenvalue weighted by Crippen LogP contribution is -2.36. The average Bonchev–Trinajstić information content (AvgIpc) is 3.00. The molecule has 0 aliphatic carbocycles. The van der Waals surface area contributed by atoms with Crippen molar-refractivity contribution < 1.29 is 18.3 Å². The zero-order valence-corrected chi connectivity index (χ0v) is 14.5. The molecular weight excluding hydrogens is 367 g/mol. The summed E-state index contributed by atoms with van der Waals surface area (Å²) in [5.41, 5.74) is 0. The Hall–Kier alpha value is -1.86. The molecule has 2 aromatic rings. The predicted octanol–water partition coefficient (Wildman–Crippen LogP) is 2.98. The number of amides is 1. The largest absolute Gasteiger partial charge is 0.483 e. The molecule has 7 heteroatoms. The fraction of sp³-hybridized carbons (Fsp3) is 0.312. The molecule has 0 spiro atoms. The van der Waals surface area contributed by atoms with Gasteiger partial charge in [-0.3, -0.25) is 9.69 Å². The lowest BCUT2D eigenvalue weighted by Gasteiger charge is -2.22. The fourth-order valence-electron chi connectivity index (χ4n) is 2.02. The first-order valence-corrected chi connectivity index (χ1v) is 7.81. The number of carbonyl (C=O) groups is 1. The molecule has 1 heterocycles. The lowest BCUT2D eigenvalue weighted by molar-refractivity contribution is -0.123. The highest BCUT2D eigenvalue weighted by atomic mass is 79.9. The van der Waals surface area contributed by atoms with Gasteiger partial charge in [-0.05, 0) is 60.4 Å². The van der Waals surface area contributed by atoms with Crippen molar-refractivity contribution in [3.8, 4) is 5.75 Å². The minimum atomic E-state index is -0.374. The van der Waals surface area contributed by atoms with Crippen LogP contribution in [0.4, 0.5) is 4.39 Å². The smallest absolute Gasteiger partial charge is 0.258 e. The van der Waals surface area contributed by atoms with E-state index in [1.54, 1.807) is 6.26 Å². The minimum absolute atomic E-state index is 0.0634. The number of rotatable bonds is 7. The third-order valence-electron chi connectivity index (χ3n) is 3.24. The second kappa shape index (κ2) is 8.12. The Morgan fingerprint density at radius 1 is 1.43 bits per heavy atom. The molecular formula is C16H18BrFN2O3. The standard InChI is InChI=1S/C16H18BrFN2O3/c1-20(2)13(15-4-3-7-22-15)9-19-16(21)10-23-14-6-5-11(18)8-12(14)17/h3-8,13H,9-10H2,1-2H3,(H,19,21). The highest BCUT2D eigenvalue weighted by Gasteiger charge is 2.18. The number of hydrogen-bond donors (Lipinski definition) is 1. The Morgan fingerprint density at radius 2 is 2.22 bits per heavy atom. The molecule has 23 heavy (non-hydrogen) atoms. The first-order chi connectivity index (χ1) is 11.0. The fourth-order valence-corrected chi connectivity index (χ4v) is 2.48. The van der Waals surface area contributed by atoms with E-state index in [-0.39, 0.29) is 24.4 Å². The van der Waals surface area contributed by atoms with Gasteiger partial charge in [-0.25, -0.2) is 4.39 Å². The molecule has 1 atom stereocenters. The van der Waals surface area contributed by atoms with Gasteiger partial charge in [0.25, 0.3) is 5.91 Å². The van der Waals surface area contributed by atoms with E-state index in [1.165, 1.54) is 18.2 Å². The molecule has 0 saturated heterocycles. The van der Waals surface area contributed by atoms with Crippen LogP contribution in [0.3, 0.4) is 0 Å². The van der Waals surface area contributed by atoms with Crippen LogP contribution >= 0.6 is 15.9 Å². The van der Waals surface area contributed by atoms with E-state index in [2.05, 4.69) is 21.2 Å². The van der Waals surface area contributed by atoms with Gasteiger partial charge in [0, 0.05) is 6.54 Å². The number of benzene rings is 1. The highest BCUT2D eigenvalue weighted by molar-refractivity contribution is 9.10. The van der Waals surface area contributed by atoms with Crippen molar-refractivity contribution in [1.82, 2.24) is 10.2 Å². The second-order valence-corrected chi connectivity index (χ2v) is 6.02. The van der Waals surface area contributed by atoms with Crippen LogP contribution in [0.15, 0.2) is 45.5 Å². The molecule has 1 unspecified atom stereocenters. The summed E-state index contributed by atoms with van der Waals surface area (Å²) in [7, 11) is 3.82. The number of ether oxygens (including phenoxy) is 1. The number of nitrogens with one attached hydrogen (secondary N) is 1. The van der Waals surface area contributed by atoms with E-state index in [1.807, 2.05) is 31.1 Å². The summed E-state index contributed by atoms with van der Waals surface area (Å²) >= 11 is 3.19. The highest BCUT2D eigenvalue weighted by Crippen LogP contribution is 2.25. The van der Waals surface area contributed by atoms with Crippen molar-refractivity contribution in [3.05, 3.63) is 52.6 Å². The average molecular weight is 385 g/mol. The minimum Gasteiger partial charge on any atom is -0.483 e. The van der Waals surface area contributed by atoms with Crippen LogP contribution in [-0.2, 0) is 4.79 Å². The Kier molecular flexibility index (Phi) is 6.18. The van der Waals surface area contributed by atoms with Crippen molar-refractivity contribution in [2.75, 3.05) is 27.2 Å². The third-order valence-corrected chi connectivity index (χ3v) is 3.86. The maximum absolute atomic E-state index is 13.0. The quantitative estimate of drug-likeness (QED) is 0.797. The van der Waals surface area contributed by atoms with E-state index in [0.717, 1.165) is 5.76 Å². The number of halogens is 2. The van der Waals surface area contributed by atoms with Gasteiger partial charge >= 0.3 is 0 Å². The van der Waals surface area contributed by atoms with Crippen LogP contribution in [-0.4, -0.2) is 38.1 Å². The lowest BCUT2D eigenvalue weighted by atomic mass is 10.2. The Morgan fingerprint density at radius 3 is 2.83 bits per heavy atom. The molecule has 0 bridgehead atoms. The summed E-state index contributed by atoms with van der Waals surface area (Å²) in [5, 5.41) is 2.80. The second-order valence-electron chi connectivity index (χ2n) is 5.16. The zero-order valence-electron chi connectivity index (χ0n) is 12.9. The molecule has 1 aromatic carbocycles. The molecule has 1 N–H and O–H groups in total. The van der Waals surface area contributed by atoms with Crippen LogP contribution in [0.2, 0.25) is 0 Å². The maximum Gasteiger partial charge on any atom is 0.258 e. The summed E-state index contributed by atoms with van der Waals surface area (Å²) < 4.78 is 24.2. The van der Waals surface area contributed by atoms with Crippen molar-refractivity contribution in [2.24, 2.45) is 0 Å². The molecule has 0 fully saturated rings. The predicted molar refractivity (Wildman–Crippen MR) is 87.7 cm³/mol. The molecule has 0 saturated carbocycles. The van der Waals surface area contributed by atoms with Crippen molar-refractivity contribution in [2.45, 2.75) is 6.04 Å². The molecule has 0 aliphatic rings. The monoisotopic (exact) mass is 384 g/mol. The van der Waals surface area contributed by atoms with Crippen LogP contribution in [0.1, 0.15) is 11.8 Å². The van der Waals surface area contributed by atoms with Crippen LogP contribution in [0.5, 0.6) is 5.75 Å². The molecule has 0 aliphatic heterocycles. The van der Waals surface area contributed by atoms with Crippen LogP contribution in [0.25, 0.3) is 0 Å². The first-order valence-electron chi connectivity index (χ1n) is 7.01. The molecule has 0 radical (unpaired) electrons. The van der Waals surface area contributed by atoms with Gasteiger partial charge < -0.3 is 14.5 Å². The molecule has 124 valence electrons. The molecule has 2 rings (SSSR count). The SMILES string of the molecule is CN(C)C(CNC(=O)COc1ccc(F)cc1Br)c1ccco1. The van der Waals surface area contributed by atoms with Crippen LogP contribution in [0, 0.1) is 5.82 Å². The topological polar surface area (TPSA) is 54.7 Å². The van der Waals surface area contributed by atoms with Gasteiger partial charge in [0.15, 0.2) is 6.61 Å². The van der Waals surface area contributed by atoms with E-state index in [0.29, 0.717) is 16.8 Å². The maximum atomic E-state index is 13.0. The van der Waals surface area contributed by atoms with E-state index >= 15 is 0 Å². The third kappa shape index (κ3) is 5.07. The number of hydrogen-bond acceptors (Lipinski definition) is 4. The van der Waals surface area contributed by atoms with Gasteiger partial charge in [-0.1, -0.05) is 0 Å². The van der Waals surface area contributed by atoms with Gasteiger partial charge in [0.2, 0.25) is 0 Å². The number of likely N-dealkylation sites (N-methyl/N-ethyl adjacent to an activating group) is 1. The summed E-state index contributed by atoms with van der Waals surface area (Å²) in [6.07, 6.45) is 1.60. The summed E-state index contributed by atoms with van der Waals surface area (Å²) in [6, 6.07) is 7.64. The van der Waals surface area contributed by atoms with Gasteiger partial charge in [0.1, 0.15) is 17.3 Å². The summed E-state index contributed by atoms with van der Waals surface area (Å²) in [4.78, 5) is 13.9. The summed E-state index contributed by atoms with van der Waals surface area (Å²) in [5.74, 6) is 0.551. The number of carbonyl (C=O) groups excluding carboxylic acids is 1. The Bertz CT molecular complexity index is 647. The molecule has 1 aromatic heterocycles. The van der Waals surface area contributed by atoms with Crippen molar-refractivity contribution >= 4 is 21.8 Å². The normalized spacial score (nSPS) is 12.2. The van der Waals surface area contributed by atoms with Gasteiger partial charge in [-0.2, -0.15) is 0 Å². The van der Waals surface area contributed by atoms with Crippen molar-refractivity contribution in [3.63, 3.8) is 0 Å². The van der Waals surface area contributed by atoms with Crippen molar-refractivity contribution in [1.29, 1.82) is 0 Å². The molecule has 1 amide bonds. The van der Waals surface area contributed by atoms with Crippen LogP contribution < -0.4 is 10.1 Å². The zero-order chi connectivity index (χ0) is 16.8. The Labute approximate surface area is 142 Å². The van der Waals surface area contributed by atoms with E-state index in [4.69, 9.17) is 9.15 Å².